The topological polar surface area (TPSA) is 57.5 Å². The quantitative estimate of drug-likeness (QED) is 0.701. The van der Waals surface area contributed by atoms with Crippen molar-refractivity contribution in [1.29, 1.82) is 0 Å². The van der Waals surface area contributed by atoms with Crippen molar-refractivity contribution in [2.75, 3.05) is 26.6 Å². The fraction of sp³-hybridized carbons (Fsp3) is 0.250. The third-order valence-electron chi connectivity index (χ3n) is 4.23. The first-order chi connectivity index (χ1) is 12.7. The van der Waals surface area contributed by atoms with Crippen LogP contribution in [0.3, 0.4) is 0 Å². The molecule has 0 amide bonds. The van der Waals surface area contributed by atoms with Crippen LogP contribution in [-0.2, 0) is 13.6 Å². The Morgan fingerprint density at radius 2 is 1.62 bits per heavy atom. The summed E-state index contributed by atoms with van der Waals surface area (Å²) in [6, 6.07) is 14.0. The molecule has 0 unspecified atom stereocenters. The molecule has 6 nitrogen and oxygen atoms in total. The molecule has 1 aromatic heterocycles. The summed E-state index contributed by atoms with van der Waals surface area (Å²) in [7, 11) is 6.81. The Morgan fingerprint density at radius 3 is 2.19 bits per heavy atom. The average Bonchev–Trinajstić information content (AvgIpc) is 3.06. The summed E-state index contributed by atoms with van der Waals surface area (Å²) in [5.41, 5.74) is 3.19. The van der Waals surface area contributed by atoms with E-state index in [0.717, 1.165) is 22.8 Å². The van der Waals surface area contributed by atoms with Gasteiger partial charge in [0.25, 0.3) is 0 Å². The molecule has 26 heavy (non-hydrogen) atoms. The van der Waals surface area contributed by atoms with Crippen molar-refractivity contribution in [2.24, 2.45) is 7.05 Å². The van der Waals surface area contributed by atoms with E-state index in [1.807, 2.05) is 48.1 Å². The van der Waals surface area contributed by atoms with Gasteiger partial charge in [0.1, 0.15) is 0 Å². The van der Waals surface area contributed by atoms with Crippen LogP contribution in [0.15, 0.2) is 48.7 Å². The highest BCUT2D eigenvalue weighted by molar-refractivity contribution is 5.61. The molecule has 0 atom stereocenters. The van der Waals surface area contributed by atoms with E-state index in [2.05, 4.69) is 22.4 Å². The molecule has 2 aromatic carbocycles. The predicted octanol–water partition coefficient (Wildman–Crippen LogP) is 3.73. The van der Waals surface area contributed by atoms with Crippen LogP contribution in [0.1, 0.15) is 5.56 Å². The van der Waals surface area contributed by atoms with Crippen molar-refractivity contribution in [1.82, 2.24) is 9.55 Å². The summed E-state index contributed by atoms with van der Waals surface area (Å²) < 4.78 is 18.2. The number of ether oxygens (including phenoxy) is 3. The number of hydrogen-bond donors (Lipinski definition) is 1. The first-order valence-electron chi connectivity index (χ1n) is 8.27. The Bertz CT molecular complexity index is 850. The Hall–Kier alpha value is -3.15. The minimum Gasteiger partial charge on any atom is -0.493 e. The van der Waals surface area contributed by atoms with Gasteiger partial charge in [-0.05, 0) is 23.3 Å². The summed E-state index contributed by atoms with van der Waals surface area (Å²) in [5.74, 6) is 2.64. The molecular weight excluding hydrogens is 330 g/mol. The molecule has 1 N–H and O–H groups in total. The lowest BCUT2D eigenvalue weighted by Crippen LogP contribution is -2.06. The second kappa shape index (κ2) is 7.82. The number of methoxy groups -OCH3 is 3. The van der Waals surface area contributed by atoms with E-state index < -0.39 is 0 Å². The van der Waals surface area contributed by atoms with Gasteiger partial charge in [-0.3, -0.25) is 0 Å². The van der Waals surface area contributed by atoms with Crippen molar-refractivity contribution >= 4 is 5.95 Å². The maximum atomic E-state index is 5.40. The predicted molar refractivity (Wildman–Crippen MR) is 102 cm³/mol. The van der Waals surface area contributed by atoms with Gasteiger partial charge in [-0.25, -0.2) is 4.98 Å². The van der Waals surface area contributed by atoms with Crippen LogP contribution in [0.2, 0.25) is 0 Å². The molecule has 6 heteroatoms. The SMILES string of the molecule is COc1cc(CNc2ncc(-c3ccccc3)n2C)cc(OC)c1OC. The lowest BCUT2D eigenvalue weighted by atomic mass is 10.1. The fourth-order valence-electron chi connectivity index (χ4n) is 2.87. The van der Waals surface area contributed by atoms with E-state index in [9.17, 15) is 0 Å². The molecule has 1 heterocycles. The van der Waals surface area contributed by atoms with Crippen LogP contribution in [0.4, 0.5) is 5.95 Å². The fourth-order valence-corrected chi connectivity index (χ4v) is 2.87. The molecule has 0 spiro atoms. The minimum absolute atomic E-state index is 0.579. The van der Waals surface area contributed by atoms with Crippen LogP contribution < -0.4 is 19.5 Å². The van der Waals surface area contributed by atoms with Crippen LogP contribution in [0.25, 0.3) is 11.3 Å². The molecular formula is C20H23N3O3. The summed E-state index contributed by atoms with van der Waals surface area (Å²) in [5, 5.41) is 3.36. The van der Waals surface area contributed by atoms with Gasteiger partial charge in [0, 0.05) is 13.6 Å². The summed E-state index contributed by atoms with van der Waals surface area (Å²) >= 11 is 0. The highest BCUT2D eigenvalue weighted by Crippen LogP contribution is 2.38. The molecule has 3 rings (SSSR count). The minimum atomic E-state index is 0.579. The molecule has 0 aliphatic rings. The smallest absolute Gasteiger partial charge is 0.203 e. The molecule has 0 bridgehead atoms. The molecule has 0 aliphatic carbocycles. The van der Waals surface area contributed by atoms with Crippen LogP contribution in [-0.4, -0.2) is 30.9 Å². The third-order valence-corrected chi connectivity index (χ3v) is 4.23. The summed E-state index contributed by atoms with van der Waals surface area (Å²) in [6.07, 6.45) is 1.87. The molecule has 0 saturated carbocycles. The first-order valence-corrected chi connectivity index (χ1v) is 8.27. The van der Waals surface area contributed by atoms with Gasteiger partial charge >= 0.3 is 0 Å². The Kier molecular flexibility index (Phi) is 5.31. The average molecular weight is 353 g/mol. The van der Waals surface area contributed by atoms with E-state index in [0.29, 0.717) is 23.8 Å². The zero-order valence-electron chi connectivity index (χ0n) is 15.4. The number of benzene rings is 2. The lowest BCUT2D eigenvalue weighted by molar-refractivity contribution is 0.324. The Labute approximate surface area is 153 Å². The van der Waals surface area contributed by atoms with E-state index in [1.54, 1.807) is 21.3 Å². The highest BCUT2D eigenvalue weighted by atomic mass is 16.5. The molecule has 0 saturated heterocycles. The number of hydrogen-bond acceptors (Lipinski definition) is 5. The summed E-state index contributed by atoms with van der Waals surface area (Å²) in [4.78, 5) is 4.49. The monoisotopic (exact) mass is 353 g/mol. The second-order valence-corrected chi connectivity index (χ2v) is 5.78. The molecule has 3 aromatic rings. The maximum absolute atomic E-state index is 5.40. The van der Waals surface area contributed by atoms with E-state index >= 15 is 0 Å². The van der Waals surface area contributed by atoms with Crippen molar-refractivity contribution < 1.29 is 14.2 Å². The highest BCUT2D eigenvalue weighted by Gasteiger charge is 2.14. The van der Waals surface area contributed by atoms with Crippen LogP contribution >= 0.6 is 0 Å². The number of imidazole rings is 1. The molecule has 0 fully saturated rings. The van der Waals surface area contributed by atoms with E-state index in [4.69, 9.17) is 14.2 Å². The van der Waals surface area contributed by atoms with Crippen LogP contribution in [0.5, 0.6) is 17.2 Å². The Morgan fingerprint density at radius 1 is 0.962 bits per heavy atom. The summed E-state index contributed by atoms with van der Waals surface area (Å²) in [6.45, 7) is 0.579. The standard InChI is InChI=1S/C20H23N3O3/c1-23-16(15-8-6-5-7-9-15)13-22-20(23)21-12-14-10-17(24-2)19(26-4)18(11-14)25-3/h5-11,13H,12H2,1-4H3,(H,21,22). The van der Waals surface area contributed by atoms with E-state index in [1.165, 1.54) is 0 Å². The molecule has 0 radical (unpaired) electrons. The van der Waals surface area contributed by atoms with E-state index in [-0.39, 0.29) is 0 Å². The number of nitrogens with one attached hydrogen (secondary N) is 1. The van der Waals surface area contributed by atoms with Crippen molar-refractivity contribution in [3.05, 3.63) is 54.2 Å². The van der Waals surface area contributed by atoms with Gasteiger partial charge in [0.05, 0.1) is 33.2 Å². The normalized spacial score (nSPS) is 10.5. The van der Waals surface area contributed by atoms with Crippen molar-refractivity contribution in [3.63, 3.8) is 0 Å². The first kappa shape index (κ1) is 17.7. The maximum Gasteiger partial charge on any atom is 0.203 e. The third kappa shape index (κ3) is 3.44. The van der Waals surface area contributed by atoms with Gasteiger partial charge in [-0.2, -0.15) is 0 Å². The number of aromatic nitrogens is 2. The van der Waals surface area contributed by atoms with Crippen LogP contribution in [0, 0.1) is 0 Å². The zero-order chi connectivity index (χ0) is 18.5. The van der Waals surface area contributed by atoms with Gasteiger partial charge in [-0.15, -0.1) is 0 Å². The number of anilines is 1. The lowest BCUT2D eigenvalue weighted by Gasteiger charge is -2.15. The van der Waals surface area contributed by atoms with Gasteiger partial charge in [0.2, 0.25) is 11.7 Å². The molecule has 0 aliphatic heterocycles. The number of rotatable bonds is 7. The Balaban J connectivity index is 1.81. The number of nitrogens with zero attached hydrogens (tertiary/aromatic N) is 2. The zero-order valence-corrected chi connectivity index (χ0v) is 15.4. The van der Waals surface area contributed by atoms with Gasteiger partial charge in [0.15, 0.2) is 11.5 Å². The van der Waals surface area contributed by atoms with Crippen molar-refractivity contribution in [3.8, 4) is 28.5 Å². The molecule has 136 valence electrons. The van der Waals surface area contributed by atoms with Gasteiger partial charge in [-0.1, -0.05) is 30.3 Å². The largest absolute Gasteiger partial charge is 0.493 e. The van der Waals surface area contributed by atoms with Crippen molar-refractivity contribution in [2.45, 2.75) is 6.54 Å². The van der Waals surface area contributed by atoms with Gasteiger partial charge < -0.3 is 24.1 Å². The second-order valence-electron chi connectivity index (χ2n) is 5.78.